The zero-order chi connectivity index (χ0) is 8.93. The maximum absolute atomic E-state index is 3.40. The minimum atomic E-state index is 0.862. The molecule has 1 saturated heterocycles. The van der Waals surface area contributed by atoms with Gasteiger partial charge in [-0.3, -0.25) is 4.68 Å². The maximum atomic E-state index is 3.40. The molecular formula is C10H16N2S. The number of rotatable bonds is 3. The van der Waals surface area contributed by atoms with E-state index in [-0.39, 0.29) is 0 Å². The van der Waals surface area contributed by atoms with Crippen LogP contribution < -0.4 is 5.43 Å². The molecule has 0 aliphatic carbocycles. The smallest absolute Gasteiger partial charge is 0.0349 e. The summed E-state index contributed by atoms with van der Waals surface area (Å²) in [6.45, 7) is 1.11. The van der Waals surface area contributed by atoms with Crippen LogP contribution in [0.25, 0.3) is 0 Å². The molecule has 2 nitrogen and oxygen atoms in total. The Morgan fingerprint density at radius 2 is 2.23 bits per heavy atom. The molecule has 1 atom stereocenters. The molecule has 72 valence electrons. The zero-order valence-electron chi connectivity index (χ0n) is 7.78. The first-order chi connectivity index (χ1) is 6.45. The Labute approximate surface area is 83.7 Å². The third-order valence-electron chi connectivity index (χ3n) is 2.42. The van der Waals surface area contributed by atoms with Gasteiger partial charge in [-0.1, -0.05) is 0 Å². The SMILES string of the molecule is c1ccn(NCC2CCCSC2)c1. The van der Waals surface area contributed by atoms with E-state index in [9.17, 15) is 0 Å². The first-order valence-corrected chi connectivity index (χ1v) is 6.05. The van der Waals surface area contributed by atoms with Crippen LogP contribution in [0.2, 0.25) is 0 Å². The molecular weight excluding hydrogens is 180 g/mol. The van der Waals surface area contributed by atoms with Crippen molar-refractivity contribution in [3.63, 3.8) is 0 Å². The quantitative estimate of drug-likeness (QED) is 0.798. The molecule has 1 unspecified atom stereocenters. The molecule has 0 aromatic carbocycles. The lowest BCUT2D eigenvalue weighted by molar-refractivity contribution is 0.529. The lowest BCUT2D eigenvalue weighted by atomic mass is 10.1. The predicted molar refractivity (Wildman–Crippen MR) is 58.7 cm³/mol. The molecule has 0 saturated carbocycles. The molecule has 0 spiro atoms. The molecule has 2 heterocycles. The monoisotopic (exact) mass is 196 g/mol. The van der Waals surface area contributed by atoms with Crippen LogP contribution >= 0.6 is 11.8 Å². The molecule has 1 aliphatic rings. The standard InChI is InChI=1S/C10H16N2S/c1-2-6-12(5-1)11-8-10-4-3-7-13-9-10/h1-2,5-6,10-11H,3-4,7-9H2. The van der Waals surface area contributed by atoms with Crippen molar-refractivity contribution in [2.45, 2.75) is 12.8 Å². The van der Waals surface area contributed by atoms with Crippen molar-refractivity contribution in [2.75, 3.05) is 23.5 Å². The summed E-state index contributed by atoms with van der Waals surface area (Å²) in [7, 11) is 0. The van der Waals surface area contributed by atoms with Gasteiger partial charge in [-0.2, -0.15) is 11.8 Å². The van der Waals surface area contributed by atoms with Crippen LogP contribution in [0.1, 0.15) is 12.8 Å². The van der Waals surface area contributed by atoms with Crippen LogP contribution in [-0.2, 0) is 0 Å². The molecule has 1 aromatic heterocycles. The molecule has 0 amide bonds. The lowest BCUT2D eigenvalue weighted by Gasteiger charge is -2.22. The summed E-state index contributed by atoms with van der Waals surface area (Å²) in [4.78, 5) is 0. The van der Waals surface area contributed by atoms with E-state index in [1.165, 1.54) is 24.3 Å². The highest BCUT2D eigenvalue weighted by Crippen LogP contribution is 2.21. The van der Waals surface area contributed by atoms with Crippen molar-refractivity contribution in [2.24, 2.45) is 5.92 Å². The Balaban J connectivity index is 1.72. The van der Waals surface area contributed by atoms with Gasteiger partial charge in [-0.15, -0.1) is 0 Å². The van der Waals surface area contributed by atoms with Gasteiger partial charge >= 0.3 is 0 Å². The van der Waals surface area contributed by atoms with Crippen LogP contribution in [0.3, 0.4) is 0 Å². The van der Waals surface area contributed by atoms with Crippen LogP contribution in [-0.4, -0.2) is 22.7 Å². The van der Waals surface area contributed by atoms with Gasteiger partial charge in [0.25, 0.3) is 0 Å². The fraction of sp³-hybridized carbons (Fsp3) is 0.600. The number of nitrogens with zero attached hydrogens (tertiary/aromatic N) is 1. The van der Waals surface area contributed by atoms with Crippen LogP contribution in [0.4, 0.5) is 0 Å². The Kier molecular flexibility index (Phi) is 3.19. The predicted octanol–water partition coefficient (Wildman–Crippen LogP) is 2.17. The summed E-state index contributed by atoms with van der Waals surface area (Å²) in [6, 6.07) is 4.09. The fourth-order valence-corrected chi connectivity index (χ4v) is 2.80. The van der Waals surface area contributed by atoms with Crippen molar-refractivity contribution in [3.05, 3.63) is 24.5 Å². The van der Waals surface area contributed by atoms with E-state index in [1.54, 1.807) is 0 Å². The number of thioether (sulfide) groups is 1. The summed E-state index contributed by atoms with van der Waals surface area (Å²) < 4.78 is 2.04. The minimum absolute atomic E-state index is 0.862. The molecule has 2 rings (SSSR count). The van der Waals surface area contributed by atoms with Gasteiger partial charge in [0.05, 0.1) is 0 Å². The number of hydrogen-bond donors (Lipinski definition) is 1. The molecule has 1 N–H and O–H groups in total. The third kappa shape index (κ3) is 2.69. The molecule has 0 bridgehead atoms. The second-order valence-electron chi connectivity index (χ2n) is 3.54. The Morgan fingerprint density at radius 1 is 1.38 bits per heavy atom. The molecule has 1 fully saturated rings. The summed E-state index contributed by atoms with van der Waals surface area (Å²) in [5, 5.41) is 0. The summed E-state index contributed by atoms with van der Waals surface area (Å²) in [6.07, 6.45) is 6.88. The van der Waals surface area contributed by atoms with E-state index >= 15 is 0 Å². The third-order valence-corrected chi connectivity index (χ3v) is 3.71. The number of aromatic nitrogens is 1. The first kappa shape index (κ1) is 9.00. The fourth-order valence-electron chi connectivity index (χ4n) is 1.64. The highest BCUT2D eigenvalue weighted by Gasteiger charge is 2.12. The summed E-state index contributed by atoms with van der Waals surface area (Å²) >= 11 is 2.09. The highest BCUT2D eigenvalue weighted by molar-refractivity contribution is 7.99. The van der Waals surface area contributed by atoms with Gasteiger partial charge in [0.1, 0.15) is 0 Å². The zero-order valence-corrected chi connectivity index (χ0v) is 8.59. The van der Waals surface area contributed by atoms with E-state index in [4.69, 9.17) is 0 Å². The minimum Gasteiger partial charge on any atom is -0.326 e. The second kappa shape index (κ2) is 4.61. The molecule has 13 heavy (non-hydrogen) atoms. The number of hydrogen-bond acceptors (Lipinski definition) is 2. The lowest BCUT2D eigenvalue weighted by Crippen LogP contribution is -2.24. The van der Waals surface area contributed by atoms with Crippen LogP contribution in [0.5, 0.6) is 0 Å². The van der Waals surface area contributed by atoms with Crippen molar-refractivity contribution < 1.29 is 0 Å². The van der Waals surface area contributed by atoms with Gasteiger partial charge < -0.3 is 5.43 Å². The van der Waals surface area contributed by atoms with Crippen molar-refractivity contribution in [3.8, 4) is 0 Å². The molecule has 1 aromatic rings. The van der Waals surface area contributed by atoms with Gasteiger partial charge in [-0.25, -0.2) is 0 Å². The van der Waals surface area contributed by atoms with E-state index in [0.717, 1.165) is 12.5 Å². The molecule has 0 radical (unpaired) electrons. The molecule has 3 heteroatoms. The largest absolute Gasteiger partial charge is 0.326 e. The Morgan fingerprint density at radius 3 is 2.92 bits per heavy atom. The van der Waals surface area contributed by atoms with Crippen molar-refractivity contribution >= 4 is 11.8 Å². The van der Waals surface area contributed by atoms with Crippen molar-refractivity contribution in [1.29, 1.82) is 0 Å². The number of nitrogens with one attached hydrogen (secondary N) is 1. The highest BCUT2D eigenvalue weighted by atomic mass is 32.2. The van der Waals surface area contributed by atoms with Crippen LogP contribution in [0.15, 0.2) is 24.5 Å². The van der Waals surface area contributed by atoms with E-state index in [0.29, 0.717) is 0 Å². The average molecular weight is 196 g/mol. The van der Waals surface area contributed by atoms with Gasteiger partial charge in [0, 0.05) is 18.9 Å². The maximum Gasteiger partial charge on any atom is 0.0349 e. The topological polar surface area (TPSA) is 17.0 Å². The normalized spacial score (nSPS) is 22.9. The second-order valence-corrected chi connectivity index (χ2v) is 4.69. The Bertz CT molecular complexity index is 227. The average Bonchev–Trinajstić information content (AvgIpc) is 2.69. The van der Waals surface area contributed by atoms with Gasteiger partial charge in [-0.05, 0) is 42.4 Å². The van der Waals surface area contributed by atoms with Crippen molar-refractivity contribution in [1.82, 2.24) is 4.68 Å². The van der Waals surface area contributed by atoms with Crippen LogP contribution in [0, 0.1) is 5.92 Å². The summed E-state index contributed by atoms with van der Waals surface area (Å²) in [5.41, 5.74) is 3.40. The van der Waals surface area contributed by atoms with Gasteiger partial charge in [0.2, 0.25) is 0 Å². The Hall–Kier alpha value is -0.570. The van der Waals surface area contributed by atoms with E-state index < -0.39 is 0 Å². The first-order valence-electron chi connectivity index (χ1n) is 4.90. The molecule has 1 aliphatic heterocycles. The van der Waals surface area contributed by atoms with E-state index in [2.05, 4.69) is 29.6 Å². The summed E-state index contributed by atoms with van der Waals surface area (Å²) in [5.74, 6) is 3.55. The van der Waals surface area contributed by atoms with Gasteiger partial charge in [0.15, 0.2) is 0 Å². The van der Waals surface area contributed by atoms with E-state index in [1.807, 2.05) is 16.8 Å².